The van der Waals surface area contributed by atoms with Crippen molar-refractivity contribution < 1.29 is 9.59 Å². The molecule has 0 N–H and O–H groups in total. The summed E-state index contributed by atoms with van der Waals surface area (Å²) in [6.07, 6.45) is 1.22. The van der Waals surface area contributed by atoms with Gasteiger partial charge in [-0.3, -0.25) is 14.5 Å². The Labute approximate surface area is 87.8 Å². The van der Waals surface area contributed by atoms with Crippen molar-refractivity contribution in [2.45, 2.75) is 25.0 Å². The van der Waals surface area contributed by atoms with Crippen LogP contribution in [0.25, 0.3) is 0 Å². The highest BCUT2D eigenvalue weighted by molar-refractivity contribution is 14.2. The number of rotatable bonds is 3. The van der Waals surface area contributed by atoms with Gasteiger partial charge in [-0.15, -0.1) is 0 Å². The first-order valence-electron chi connectivity index (χ1n) is 3.82. The first-order chi connectivity index (χ1) is 5.70. The van der Waals surface area contributed by atoms with Crippen molar-refractivity contribution in [2.75, 3.05) is 6.54 Å². The number of amides is 2. The van der Waals surface area contributed by atoms with Crippen LogP contribution in [0.2, 0.25) is 0 Å². The molecule has 1 saturated heterocycles. The number of hydrogen-bond acceptors (Lipinski definition) is 3. The Morgan fingerprint density at radius 1 is 1.67 bits per heavy atom. The van der Waals surface area contributed by atoms with E-state index in [0.717, 1.165) is 6.42 Å². The van der Waals surface area contributed by atoms with E-state index in [9.17, 15) is 9.59 Å². The molecular weight excluding hydrogens is 289 g/mol. The summed E-state index contributed by atoms with van der Waals surface area (Å²) in [5.41, 5.74) is 0. The molecule has 0 saturated carbocycles. The molecule has 1 rings (SSSR count). The summed E-state index contributed by atoms with van der Waals surface area (Å²) in [6, 6.07) is 0. The Morgan fingerprint density at radius 2 is 2.33 bits per heavy atom. The second-order valence-electron chi connectivity index (χ2n) is 2.67. The maximum atomic E-state index is 11.4. The van der Waals surface area contributed by atoms with Crippen LogP contribution in [0.5, 0.6) is 0 Å². The van der Waals surface area contributed by atoms with Gasteiger partial charge in [0.05, 0.1) is 0 Å². The first kappa shape index (κ1) is 10.3. The van der Waals surface area contributed by atoms with E-state index in [-0.39, 0.29) is 17.1 Å². The lowest BCUT2D eigenvalue weighted by molar-refractivity contribution is -0.138. The highest BCUT2D eigenvalue weighted by atomic mass is 127. The van der Waals surface area contributed by atoms with Crippen molar-refractivity contribution in [3.05, 3.63) is 0 Å². The van der Waals surface area contributed by atoms with Crippen LogP contribution in [0.3, 0.4) is 0 Å². The third-order valence-corrected chi connectivity index (χ3v) is 4.18. The minimum absolute atomic E-state index is 0.0127. The second-order valence-corrected chi connectivity index (χ2v) is 4.94. The lowest BCUT2D eigenvalue weighted by Crippen LogP contribution is -2.31. The van der Waals surface area contributed by atoms with Gasteiger partial charge in [0, 0.05) is 13.0 Å². The van der Waals surface area contributed by atoms with Gasteiger partial charge in [0.1, 0.15) is 5.25 Å². The van der Waals surface area contributed by atoms with Crippen molar-refractivity contribution in [3.8, 4) is 0 Å². The van der Waals surface area contributed by atoms with E-state index in [2.05, 4.69) is 21.2 Å². The fourth-order valence-corrected chi connectivity index (χ4v) is 2.78. The molecule has 1 fully saturated rings. The van der Waals surface area contributed by atoms with E-state index < -0.39 is 0 Å². The van der Waals surface area contributed by atoms with Crippen LogP contribution in [0.1, 0.15) is 19.8 Å². The zero-order valence-corrected chi connectivity index (χ0v) is 9.72. The van der Waals surface area contributed by atoms with Crippen LogP contribution >= 0.6 is 30.1 Å². The topological polar surface area (TPSA) is 37.4 Å². The molecule has 1 heterocycles. The molecule has 1 atom stereocenters. The van der Waals surface area contributed by atoms with Crippen LogP contribution < -0.4 is 0 Å². The molecule has 12 heavy (non-hydrogen) atoms. The molecule has 1 aliphatic rings. The molecule has 68 valence electrons. The largest absolute Gasteiger partial charge is 0.282 e. The van der Waals surface area contributed by atoms with Crippen molar-refractivity contribution in [1.82, 2.24) is 4.90 Å². The molecule has 0 radical (unpaired) electrons. The summed E-state index contributed by atoms with van der Waals surface area (Å²) >= 11 is 2.07. The Balaban J connectivity index is 2.64. The predicted octanol–water partition coefficient (Wildman–Crippen LogP) is 1.61. The van der Waals surface area contributed by atoms with Crippen molar-refractivity contribution >= 4 is 42.0 Å². The average molecular weight is 299 g/mol. The van der Waals surface area contributed by atoms with Gasteiger partial charge in [-0.05, 0) is 27.6 Å². The molecule has 5 heteroatoms. The molecule has 0 spiro atoms. The molecular formula is C7H10INO2S. The van der Waals surface area contributed by atoms with E-state index in [1.807, 2.05) is 6.92 Å². The van der Waals surface area contributed by atoms with Gasteiger partial charge < -0.3 is 0 Å². The monoisotopic (exact) mass is 299 g/mol. The fraction of sp³-hybridized carbons (Fsp3) is 0.714. The minimum atomic E-state index is -0.135. The number of likely N-dealkylation sites (tertiary alicyclic amines) is 1. The predicted molar refractivity (Wildman–Crippen MR) is 57.0 cm³/mol. The van der Waals surface area contributed by atoms with Gasteiger partial charge in [0.15, 0.2) is 0 Å². The van der Waals surface area contributed by atoms with E-state index in [1.54, 1.807) is 0 Å². The molecule has 2 amide bonds. The SMILES string of the molecule is CCCN1C(=O)CC(SI)C1=O. The highest BCUT2D eigenvalue weighted by Crippen LogP contribution is 2.29. The Bertz CT molecular complexity index is 210. The first-order valence-corrected chi connectivity index (χ1v) is 7.24. The molecule has 0 aromatic carbocycles. The highest BCUT2D eigenvalue weighted by Gasteiger charge is 2.37. The summed E-state index contributed by atoms with van der Waals surface area (Å²) in [6.45, 7) is 2.54. The van der Waals surface area contributed by atoms with E-state index in [4.69, 9.17) is 0 Å². The van der Waals surface area contributed by atoms with Gasteiger partial charge in [0.25, 0.3) is 0 Å². The summed E-state index contributed by atoms with van der Waals surface area (Å²) in [5.74, 6) is -0.0303. The standard InChI is InChI=1S/C7H10INO2S/c1-2-3-9-6(10)4-5(12-8)7(9)11/h5H,2-4H2,1H3. The zero-order chi connectivity index (χ0) is 9.14. The average Bonchev–Trinajstić information content (AvgIpc) is 2.32. The number of carbonyl (C=O) groups is 2. The summed E-state index contributed by atoms with van der Waals surface area (Å²) in [5, 5.41) is -0.135. The third kappa shape index (κ3) is 1.93. The normalized spacial score (nSPS) is 23.8. The van der Waals surface area contributed by atoms with Gasteiger partial charge in [-0.25, -0.2) is 0 Å². The minimum Gasteiger partial charge on any atom is -0.282 e. The lowest BCUT2D eigenvalue weighted by Gasteiger charge is -2.11. The van der Waals surface area contributed by atoms with Crippen molar-refractivity contribution in [3.63, 3.8) is 0 Å². The van der Waals surface area contributed by atoms with Crippen LogP contribution in [-0.2, 0) is 9.59 Å². The zero-order valence-electron chi connectivity index (χ0n) is 6.75. The van der Waals surface area contributed by atoms with Gasteiger partial charge in [-0.2, -0.15) is 0 Å². The van der Waals surface area contributed by atoms with Crippen molar-refractivity contribution in [2.24, 2.45) is 0 Å². The number of halogens is 1. The van der Waals surface area contributed by atoms with Crippen LogP contribution in [0.4, 0.5) is 0 Å². The van der Waals surface area contributed by atoms with Crippen LogP contribution in [-0.4, -0.2) is 28.5 Å². The maximum Gasteiger partial charge on any atom is 0.243 e. The molecule has 0 aromatic heterocycles. The molecule has 1 unspecified atom stereocenters. The summed E-state index contributed by atoms with van der Waals surface area (Å²) in [4.78, 5) is 24.0. The second kappa shape index (κ2) is 4.45. The third-order valence-electron chi connectivity index (χ3n) is 1.76. The van der Waals surface area contributed by atoms with Crippen molar-refractivity contribution in [1.29, 1.82) is 0 Å². The van der Waals surface area contributed by atoms with Gasteiger partial charge >= 0.3 is 0 Å². The Hall–Kier alpha value is 0.220. The number of nitrogens with zero attached hydrogens (tertiary/aromatic N) is 1. The number of imide groups is 1. The fourth-order valence-electron chi connectivity index (χ4n) is 1.18. The molecule has 3 nitrogen and oxygen atoms in total. The van der Waals surface area contributed by atoms with E-state index in [1.165, 1.54) is 13.8 Å². The molecule has 0 aromatic rings. The van der Waals surface area contributed by atoms with Gasteiger partial charge in [-0.1, -0.05) is 15.9 Å². The Morgan fingerprint density at radius 3 is 2.75 bits per heavy atom. The smallest absolute Gasteiger partial charge is 0.243 e. The van der Waals surface area contributed by atoms with Crippen LogP contribution in [0, 0.1) is 0 Å². The van der Waals surface area contributed by atoms with Gasteiger partial charge in [0.2, 0.25) is 11.8 Å². The lowest BCUT2D eigenvalue weighted by atomic mass is 10.4. The van der Waals surface area contributed by atoms with E-state index >= 15 is 0 Å². The maximum absolute atomic E-state index is 11.4. The molecule has 0 bridgehead atoms. The summed E-state index contributed by atoms with van der Waals surface area (Å²) in [7, 11) is 1.43. The quantitative estimate of drug-likeness (QED) is 0.587. The molecule has 1 aliphatic heterocycles. The summed E-state index contributed by atoms with van der Waals surface area (Å²) < 4.78 is 0. The number of carbonyl (C=O) groups excluding carboxylic acids is 2. The molecule has 0 aliphatic carbocycles. The van der Waals surface area contributed by atoms with E-state index in [0.29, 0.717) is 13.0 Å². The number of hydrogen-bond donors (Lipinski definition) is 0. The Kier molecular flexibility index (Phi) is 3.82. The van der Waals surface area contributed by atoms with Crippen LogP contribution in [0.15, 0.2) is 0 Å².